The molecule has 2 heterocycles. The summed E-state index contributed by atoms with van der Waals surface area (Å²) in [7, 11) is 1.48. The fraction of sp³-hybridized carbons (Fsp3) is 0.370. The zero-order chi connectivity index (χ0) is 26.7. The lowest BCUT2D eigenvalue weighted by atomic mass is 10.0. The molecule has 0 aliphatic carbocycles. The second-order valence-electron chi connectivity index (χ2n) is 9.77. The van der Waals surface area contributed by atoms with Gasteiger partial charge in [0.1, 0.15) is 17.5 Å². The number of carbonyl (C=O) groups is 1. The number of thiazole rings is 1. The number of halogens is 1. The van der Waals surface area contributed by atoms with Crippen LogP contribution < -0.4 is 15.0 Å². The maximum absolute atomic E-state index is 14.5. The number of rotatable bonds is 5. The van der Waals surface area contributed by atoms with Crippen LogP contribution in [-0.2, 0) is 4.74 Å². The van der Waals surface area contributed by atoms with Gasteiger partial charge in [-0.25, -0.2) is 14.2 Å². The van der Waals surface area contributed by atoms with E-state index in [-0.39, 0.29) is 17.4 Å². The van der Waals surface area contributed by atoms with Gasteiger partial charge in [-0.2, -0.15) is 5.26 Å². The molecule has 0 bridgehead atoms. The number of carbonyl (C=O) groups excluding carboxylic acids is 1. The Bertz CT molecular complexity index is 1340. The molecule has 1 amide bonds. The number of ether oxygens (including phenoxy) is 2. The summed E-state index contributed by atoms with van der Waals surface area (Å²) in [4.78, 5) is 19.9. The number of hydrogen-bond donors (Lipinski definition) is 2. The first kappa shape index (κ1) is 26.2. The Morgan fingerprint density at radius 3 is 2.51 bits per heavy atom. The third-order valence-corrected chi connectivity index (χ3v) is 7.07. The lowest BCUT2D eigenvalue weighted by molar-refractivity contribution is 0.0497. The molecule has 2 aromatic carbocycles. The van der Waals surface area contributed by atoms with E-state index in [1.165, 1.54) is 30.6 Å². The number of aromatic nitrogens is 1. The van der Waals surface area contributed by atoms with Gasteiger partial charge in [0.15, 0.2) is 16.6 Å². The molecule has 0 saturated carbocycles. The van der Waals surface area contributed by atoms with Crippen molar-refractivity contribution in [3.8, 4) is 39.3 Å². The lowest BCUT2D eigenvalue weighted by Crippen LogP contribution is -2.46. The zero-order valence-corrected chi connectivity index (χ0v) is 22.0. The Labute approximate surface area is 219 Å². The van der Waals surface area contributed by atoms with Gasteiger partial charge in [0.05, 0.1) is 23.2 Å². The molecule has 194 valence electrons. The summed E-state index contributed by atoms with van der Waals surface area (Å²) in [5.41, 5.74) is 1.21. The van der Waals surface area contributed by atoms with Crippen LogP contribution >= 0.6 is 11.3 Å². The number of alkyl carbamates (subject to hydrolysis) is 1. The number of phenols is 1. The quantitative estimate of drug-likeness (QED) is 0.441. The third kappa shape index (κ3) is 6.12. The van der Waals surface area contributed by atoms with E-state index >= 15 is 0 Å². The minimum absolute atomic E-state index is 0.00356. The number of nitrogens with zero attached hydrogens (tertiary/aromatic N) is 3. The van der Waals surface area contributed by atoms with Gasteiger partial charge in [0.2, 0.25) is 0 Å². The standard InChI is InChI=1S/C27H29FN4O4S/c1-27(2,3)36-26(34)30-19-9-11-32(12-10-19)25-31-23(16-5-6-18(15-29)20(28)13-16)24(37-25)17-7-8-22(35-4)21(33)14-17/h5-8,13-14,19,33H,9-12H2,1-4H3,(H,30,34). The average Bonchev–Trinajstić information content (AvgIpc) is 3.28. The van der Waals surface area contributed by atoms with Gasteiger partial charge in [-0.1, -0.05) is 17.4 Å². The molecule has 1 aromatic heterocycles. The highest BCUT2D eigenvalue weighted by Gasteiger charge is 2.27. The van der Waals surface area contributed by atoms with Gasteiger partial charge in [0.25, 0.3) is 0 Å². The molecule has 1 fully saturated rings. The molecule has 4 rings (SSSR count). The number of benzene rings is 2. The van der Waals surface area contributed by atoms with Crippen LogP contribution in [0.1, 0.15) is 39.2 Å². The van der Waals surface area contributed by atoms with Crippen molar-refractivity contribution >= 4 is 22.6 Å². The molecule has 2 N–H and O–H groups in total. The predicted octanol–water partition coefficient (Wildman–Crippen LogP) is 5.70. The zero-order valence-electron chi connectivity index (χ0n) is 21.2. The molecule has 10 heteroatoms. The monoisotopic (exact) mass is 524 g/mol. The largest absolute Gasteiger partial charge is 0.504 e. The number of phenolic OH excluding ortho intramolecular Hbond substituents is 1. The average molecular weight is 525 g/mol. The van der Waals surface area contributed by atoms with Crippen LogP contribution in [0.2, 0.25) is 0 Å². The normalized spacial score (nSPS) is 14.2. The van der Waals surface area contributed by atoms with Gasteiger partial charge >= 0.3 is 6.09 Å². The number of amides is 1. The fourth-order valence-corrected chi connectivity index (χ4v) is 5.25. The number of methoxy groups -OCH3 is 1. The van der Waals surface area contributed by atoms with Crippen molar-refractivity contribution in [3.63, 3.8) is 0 Å². The molecule has 0 atom stereocenters. The maximum Gasteiger partial charge on any atom is 0.407 e. The van der Waals surface area contributed by atoms with Gasteiger partial charge in [-0.15, -0.1) is 0 Å². The molecule has 37 heavy (non-hydrogen) atoms. The lowest BCUT2D eigenvalue weighted by Gasteiger charge is -2.32. The fourth-order valence-electron chi connectivity index (χ4n) is 4.11. The number of anilines is 1. The molecule has 1 aliphatic rings. The molecule has 0 radical (unpaired) electrons. The van der Waals surface area contributed by atoms with E-state index < -0.39 is 17.5 Å². The van der Waals surface area contributed by atoms with Crippen LogP contribution in [0, 0.1) is 17.1 Å². The van der Waals surface area contributed by atoms with E-state index in [2.05, 4.69) is 10.2 Å². The Morgan fingerprint density at radius 1 is 1.22 bits per heavy atom. The van der Waals surface area contributed by atoms with Crippen molar-refractivity contribution in [1.82, 2.24) is 10.3 Å². The van der Waals surface area contributed by atoms with Gasteiger partial charge in [-0.3, -0.25) is 0 Å². The summed E-state index contributed by atoms with van der Waals surface area (Å²) >= 11 is 1.44. The Balaban J connectivity index is 1.61. The van der Waals surface area contributed by atoms with E-state index in [1.54, 1.807) is 18.2 Å². The highest BCUT2D eigenvalue weighted by Crippen LogP contribution is 2.43. The van der Waals surface area contributed by atoms with Crippen LogP contribution in [0.15, 0.2) is 36.4 Å². The first-order valence-electron chi connectivity index (χ1n) is 11.9. The highest BCUT2D eigenvalue weighted by molar-refractivity contribution is 7.19. The van der Waals surface area contributed by atoms with Crippen LogP contribution in [0.3, 0.4) is 0 Å². The SMILES string of the molecule is COc1ccc(-c2sc(N3CCC(NC(=O)OC(C)(C)C)CC3)nc2-c2ccc(C#N)c(F)c2)cc1O. The molecular formula is C27H29FN4O4S. The first-order chi connectivity index (χ1) is 17.6. The summed E-state index contributed by atoms with van der Waals surface area (Å²) in [6.07, 6.45) is 1.02. The second kappa shape index (κ2) is 10.6. The Morgan fingerprint density at radius 2 is 1.92 bits per heavy atom. The van der Waals surface area contributed by atoms with Crippen LogP contribution in [0.5, 0.6) is 11.5 Å². The predicted molar refractivity (Wildman–Crippen MR) is 140 cm³/mol. The minimum Gasteiger partial charge on any atom is -0.504 e. The molecule has 0 unspecified atom stereocenters. The Hall–Kier alpha value is -3.84. The summed E-state index contributed by atoms with van der Waals surface area (Å²) in [6.45, 7) is 6.82. The summed E-state index contributed by atoms with van der Waals surface area (Å²) in [5, 5.41) is 23.2. The smallest absolute Gasteiger partial charge is 0.407 e. The summed E-state index contributed by atoms with van der Waals surface area (Å²) in [5.74, 6) is -0.285. The topological polar surface area (TPSA) is 108 Å². The summed E-state index contributed by atoms with van der Waals surface area (Å²) in [6, 6.07) is 11.3. The molecule has 8 nitrogen and oxygen atoms in total. The molecular weight excluding hydrogens is 495 g/mol. The molecule has 1 aliphatic heterocycles. The van der Waals surface area contributed by atoms with Crippen molar-refractivity contribution in [1.29, 1.82) is 5.26 Å². The number of aromatic hydroxyl groups is 1. The van der Waals surface area contributed by atoms with Crippen molar-refractivity contribution in [3.05, 3.63) is 47.8 Å². The van der Waals surface area contributed by atoms with Crippen molar-refractivity contribution < 1.29 is 23.8 Å². The van der Waals surface area contributed by atoms with Gasteiger partial charge in [0, 0.05) is 24.7 Å². The van der Waals surface area contributed by atoms with E-state index in [0.29, 0.717) is 35.7 Å². The van der Waals surface area contributed by atoms with E-state index in [9.17, 15) is 14.3 Å². The molecule has 1 saturated heterocycles. The van der Waals surface area contributed by atoms with Crippen LogP contribution in [-0.4, -0.2) is 48.0 Å². The van der Waals surface area contributed by atoms with Crippen molar-refractivity contribution in [2.45, 2.75) is 45.3 Å². The van der Waals surface area contributed by atoms with E-state index in [1.807, 2.05) is 32.9 Å². The Kier molecular flexibility index (Phi) is 7.55. The molecule has 0 spiro atoms. The van der Waals surface area contributed by atoms with Crippen molar-refractivity contribution in [2.75, 3.05) is 25.1 Å². The number of piperidine rings is 1. The first-order valence-corrected chi connectivity index (χ1v) is 12.7. The number of hydrogen-bond acceptors (Lipinski definition) is 8. The van der Waals surface area contributed by atoms with Gasteiger partial charge < -0.3 is 24.8 Å². The maximum atomic E-state index is 14.5. The number of nitrogens with one attached hydrogen (secondary N) is 1. The number of nitriles is 1. The second-order valence-corrected chi connectivity index (χ2v) is 10.8. The van der Waals surface area contributed by atoms with E-state index in [4.69, 9.17) is 19.7 Å². The van der Waals surface area contributed by atoms with E-state index in [0.717, 1.165) is 22.9 Å². The third-order valence-electron chi connectivity index (χ3n) is 5.91. The van der Waals surface area contributed by atoms with Crippen LogP contribution in [0.25, 0.3) is 21.7 Å². The van der Waals surface area contributed by atoms with Crippen LogP contribution in [0.4, 0.5) is 14.3 Å². The minimum atomic E-state index is -0.618. The van der Waals surface area contributed by atoms with Gasteiger partial charge in [-0.05, 0) is 69.5 Å². The molecule has 3 aromatic rings. The summed E-state index contributed by atoms with van der Waals surface area (Å²) < 4.78 is 25.0. The highest BCUT2D eigenvalue weighted by atomic mass is 32.1. The van der Waals surface area contributed by atoms with Crippen molar-refractivity contribution in [2.24, 2.45) is 0 Å².